The molecular formula is C18H13FN4O. The molecule has 5 nitrogen and oxygen atoms in total. The number of benzene rings is 2. The Labute approximate surface area is 137 Å². The number of anilines is 1. The summed E-state index contributed by atoms with van der Waals surface area (Å²) in [5.41, 5.74) is 3.37. The van der Waals surface area contributed by atoms with Crippen LogP contribution in [0.3, 0.4) is 0 Å². The third-order valence-electron chi connectivity index (χ3n) is 4.45. The molecule has 3 aromatic rings. The van der Waals surface area contributed by atoms with Gasteiger partial charge in [0.05, 0.1) is 5.70 Å². The van der Waals surface area contributed by atoms with Crippen molar-refractivity contribution in [3.8, 4) is 5.75 Å². The summed E-state index contributed by atoms with van der Waals surface area (Å²) in [4.78, 5) is 4.27. The molecule has 2 aliphatic rings. The number of nitrogens with one attached hydrogen (secondary N) is 1. The highest BCUT2D eigenvalue weighted by molar-refractivity contribution is 5.84. The van der Waals surface area contributed by atoms with Gasteiger partial charge < -0.3 is 10.1 Å². The second-order valence-corrected chi connectivity index (χ2v) is 5.76. The molecule has 0 amide bonds. The van der Waals surface area contributed by atoms with E-state index < -0.39 is 0 Å². The number of halogens is 1. The van der Waals surface area contributed by atoms with Gasteiger partial charge in [0.15, 0.2) is 0 Å². The lowest BCUT2D eigenvalue weighted by Gasteiger charge is -2.34. The Bertz CT molecular complexity index is 978. The highest BCUT2D eigenvalue weighted by Crippen LogP contribution is 2.43. The van der Waals surface area contributed by atoms with Gasteiger partial charge in [-0.2, -0.15) is 10.1 Å². The molecule has 3 heterocycles. The van der Waals surface area contributed by atoms with Gasteiger partial charge in [-0.3, -0.25) is 0 Å². The minimum Gasteiger partial charge on any atom is -0.488 e. The van der Waals surface area contributed by atoms with E-state index in [4.69, 9.17) is 4.74 Å². The summed E-state index contributed by atoms with van der Waals surface area (Å²) in [5.74, 6) is 1.14. The molecule has 1 aromatic heterocycles. The predicted molar refractivity (Wildman–Crippen MR) is 87.0 cm³/mol. The number of hydrogen-bond donors (Lipinski definition) is 1. The fourth-order valence-corrected chi connectivity index (χ4v) is 3.37. The van der Waals surface area contributed by atoms with Gasteiger partial charge in [0.2, 0.25) is 5.95 Å². The van der Waals surface area contributed by atoms with Crippen LogP contribution in [-0.2, 0) is 0 Å². The Morgan fingerprint density at radius 3 is 2.88 bits per heavy atom. The zero-order valence-corrected chi connectivity index (χ0v) is 12.6. The van der Waals surface area contributed by atoms with Crippen LogP contribution in [0, 0.1) is 5.82 Å². The molecular weight excluding hydrogens is 307 g/mol. The Kier molecular flexibility index (Phi) is 2.73. The molecule has 1 N–H and O–H groups in total. The lowest BCUT2D eigenvalue weighted by Crippen LogP contribution is -2.30. The van der Waals surface area contributed by atoms with E-state index in [1.54, 1.807) is 16.8 Å². The first-order valence-corrected chi connectivity index (χ1v) is 7.69. The topological polar surface area (TPSA) is 52.0 Å². The number of para-hydroxylation sites is 1. The van der Waals surface area contributed by atoms with Gasteiger partial charge >= 0.3 is 0 Å². The average molecular weight is 320 g/mol. The number of aromatic nitrogens is 3. The van der Waals surface area contributed by atoms with E-state index in [2.05, 4.69) is 15.4 Å². The Balaban J connectivity index is 1.77. The Morgan fingerprint density at radius 2 is 1.96 bits per heavy atom. The zero-order chi connectivity index (χ0) is 16.1. The molecule has 24 heavy (non-hydrogen) atoms. The van der Waals surface area contributed by atoms with Crippen molar-refractivity contribution in [2.75, 3.05) is 11.9 Å². The van der Waals surface area contributed by atoms with Gasteiger partial charge in [-0.05, 0) is 18.2 Å². The van der Waals surface area contributed by atoms with Gasteiger partial charge in [0.1, 0.15) is 30.5 Å². The maximum Gasteiger partial charge on any atom is 0.226 e. The van der Waals surface area contributed by atoms with Crippen LogP contribution in [0.15, 0.2) is 60.4 Å². The van der Waals surface area contributed by atoms with Crippen LogP contribution in [0.1, 0.15) is 17.2 Å². The Hall–Kier alpha value is -3.15. The maximum absolute atomic E-state index is 14.5. The molecule has 0 aliphatic carbocycles. The minimum absolute atomic E-state index is 0.267. The molecule has 0 fully saturated rings. The molecule has 0 saturated heterocycles. The van der Waals surface area contributed by atoms with Crippen molar-refractivity contribution in [1.82, 2.24) is 14.8 Å². The first-order chi connectivity index (χ1) is 11.8. The molecule has 118 valence electrons. The Morgan fingerprint density at radius 1 is 1.12 bits per heavy atom. The van der Waals surface area contributed by atoms with E-state index in [1.807, 2.05) is 30.3 Å². The highest BCUT2D eigenvalue weighted by atomic mass is 19.1. The van der Waals surface area contributed by atoms with Crippen LogP contribution >= 0.6 is 0 Å². The smallest absolute Gasteiger partial charge is 0.226 e. The normalized spacial score (nSPS) is 18.1. The van der Waals surface area contributed by atoms with Gasteiger partial charge in [-0.15, -0.1) is 0 Å². The first-order valence-electron chi connectivity index (χ1n) is 7.69. The summed E-state index contributed by atoms with van der Waals surface area (Å²) < 4.78 is 22.1. The SMILES string of the molecule is Fc1ccccc1[C@H]1C2=C(Nc3ncnn31)c1ccccc1OC2. The molecule has 2 aliphatic heterocycles. The first kappa shape index (κ1) is 13.3. The van der Waals surface area contributed by atoms with Crippen molar-refractivity contribution >= 4 is 11.6 Å². The monoisotopic (exact) mass is 320 g/mol. The quantitative estimate of drug-likeness (QED) is 0.748. The van der Waals surface area contributed by atoms with Gasteiger partial charge in [-0.1, -0.05) is 30.3 Å². The molecule has 6 heteroatoms. The molecule has 0 saturated carbocycles. The van der Waals surface area contributed by atoms with Crippen molar-refractivity contribution in [3.63, 3.8) is 0 Å². The third-order valence-corrected chi connectivity index (χ3v) is 4.45. The summed E-state index contributed by atoms with van der Waals surface area (Å²) in [6, 6.07) is 14.2. The summed E-state index contributed by atoms with van der Waals surface area (Å²) >= 11 is 0. The lowest BCUT2D eigenvalue weighted by atomic mass is 9.91. The van der Waals surface area contributed by atoms with Crippen LogP contribution in [0.25, 0.3) is 5.70 Å². The largest absolute Gasteiger partial charge is 0.488 e. The summed E-state index contributed by atoms with van der Waals surface area (Å²) in [6.07, 6.45) is 1.47. The minimum atomic E-state index is -0.381. The molecule has 0 bridgehead atoms. The summed E-state index contributed by atoms with van der Waals surface area (Å²) in [5, 5.41) is 7.61. The van der Waals surface area contributed by atoms with Crippen molar-refractivity contribution in [2.45, 2.75) is 6.04 Å². The number of nitrogens with zero attached hydrogens (tertiary/aromatic N) is 3. The van der Waals surface area contributed by atoms with Crippen LogP contribution in [0.2, 0.25) is 0 Å². The van der Waals surface area contributed by atoms with Crippen LogP contribution < -0.4 is 10.1 Å². The van der Waals surface area contributed by atoms with Crippen molar-refractivity contribution in [3.05, 3.63) is 77.4 Å². The number of fused-ring (bicyclic) bond motifs is 3. The van der Waals surface area contributed by atoms with E-state index in [0.717, 1.165) is 22.6 Å². The van der Waals surface area contributed by atoms with Gasteiger partial charge in [-0.25, -0.2) is 9.07 Å². The van der Waals surface area contributed by atoms with E-state index in [0.29, 0.717) is 18.1 Å². The molecule has 0 unspecified atom stereocenters. The average Bonchev–Trinajstić information content (AvgIpc) is 3.08. The predicted octanol–water partition coefficient (Wildman–Crippen LogP) is 3.24. The van der Waals surface area contributed by atoms with Gasteiger partial charge in [0.25, 0.3) is 0 Å². The van der Waals surface area contributed by atoms with E-state index in [9.17, 15) is 4.39 Å². The fraction of sp³-hybridized carbons (Fsp3) is 0.111. The number of ether oxygens (including phenoxy) is 1. The van der Waals surface area contributed by atoms with Crippen molar-refractivity contribution in [1.29, 1.82) is 0 Å². The number of hydrogen-bond acceptors (Lipinski definition) is 4. The van der Waals surface area contributed by atoms with Crippen LogP contribution in [0.5, 0.6) is 5.75 Å². The molecule has 0 radical (unpaired) electrons. The zero-order valence-electron chi connectivity index (χ0n) is 12.6. The second kappa shape index (κ2) is 4.92. The molecule has 2 aromatic carbocycles. The van der Waals surface area contributed by atoms with E-state index in [-0.39, 0.29) is 11.9 Å². The lowest BCUT2D eigenvalue weighted by molar-refractivity contribution is 0.326. The van der Waals surface area contributed by atoms with E-state index in [1.165, 1.54) is 12.4 Å². The van der Waals surface area contributed by atoms with Crippen LogP contribution in [-0.4, -0.2) is 21.4 Å². The molecule has 0 spiro atoms. The standard InChI is InChI=1S/C18H13FN4O/c19-14-7-3-1-5-11(14)17-13-9-24-15-8-4-2-6-12(15)16(13)22-18-20-10-21-23(17)18/h1-8,10,17H,9H2,(H,20,21,22)/t17-/m0/s1. The molecule has 1 atom stereocenters. The van der Waals surface area contributed by atoms with Crippen molar-refractivity contribution < 1.29 is 9.13 Å². The van der Waals surface area contributed by atoms with Crippen molar-refractivity contribution in [2.24, 2.45) is 0 Å². The maximum atomic E-state index is 14.5. The number of rotatable bonds is 1. The third kappa shape index (κ3) is 1.79. The summed E-state index contributed by atoms with van der Waals surface area (Å²) in [6.45, 7) is 0.373. The van der Waals surface area contributed by atoms with Crippen LogP contribution in [0.4, 0.5) is 10.3 Å². The summed E-state index contributed by atoms with van der Waals surface area (Å²) in [7, 11) is 0. The highest BCUT2D eigenvalue weighted by Gasteiger charge is 2.35. The second-order valence-electron chi connectivity index (χ2n) is 5.76. The van der Waals surface area contributed by atoms with Gasteiger partial charge in [0, 0.05) is 16.7 Å². The fourth-order valence-electron chi connectivity index (χ4n) is 3.37. The molecule has 5 rings (SSSR count). The van der Waals surface area contributed by atoms with E-state index >= 15 is 0 Å².